The van der Waals surface area contributed by atoms with E-state index in [9.17, 15) is 67.4 Å². The zero-order chi connectivity index (χ0) is 37.9. The second-order valence-corrected chi connectivity index (χ2v) is 10.6. The third-order valence-electron chi connectivity index (χ3n) is 6.64. The SMILES string of the molecule is O=c1cc(-c2c(O)nc(CCC(F)(F)F)n(-c3ccc(OCC(F)(F)F)cc3)c2=O)nc(CCC(F)(F)F)n1-c1ccc(OCC(F)(F)F)cc1. The molecule has 21 heteroatoms. The molecule has 4 rings (SSSR count). The summed E-state index contributed by atoms with van der Waals surface area (Å²) in [5.74, 6) is -3.27. The van der Waals surface area contributed by atoms with E-state index in [1.807, 2.05) is 0 Å². The molecule has 0 atom stereocenters. The van der Waals surface area contributed by atoms with E-state index in [4.69, 9.17) is 0 Å². The number of ether oxygens (including phenoxy) is 2. The largest absolute Gasteiger partial charge is 0.493 e. The topological polar surface area (TPSA) is 108 Å². The van der Waals surface area contributed by atoms with Gasteiger partial charge < -0.3 is 14.6 Å². The molecule has 0 unspecified atom stereocenters. The minimum absolute atomic E-state index is 0.189. The number of halogens is 12. The second kappa shape index (κ2) is 14.5. The van der Waals surface area contributed by atoms with Gasteiger partial charge in [0, 0.05) is 18.9 Å². The summed E-state index contributed by atoms with van der Waals surface area (Å²) in [6.45, 7) is -3.36. The molecule has 2 heterocycles. The summed E-state index contributed by atoms with van der Waals surface area (Å²) >= 11 is 0. The van der Waals surface area contributed by atoms with Crippen LogP contribution in [0.3, 0.4) is 0 Å². The van der Waals surface area contributed by atoms with Gasteiger partial charge in [0.2, 0.25) is 5.88 Å². The molecule has 4 aromatic rings. The van der Waals surface area contributed by atoms with E-state index in [2.05, 4.69) is 19.4 Å². The first-order valence-electron chi connectivity index (χ1n) is 14.2. The van der Waals surface area contributed by atoms with Crippen LogP contribution >= 0.6 is 0 Å². The summed E-state index contributed by atoms with van der Waals surface area (Å²) in [5, 5.41) is 10.7. The number of hydrogen-bond acceptors (Lipinski definition) is 7. The molecule has 1 N–H and O–H groups in total. The Labute approximate surface area is 277 Å². The molecule has 0 saturated heterocycles. The molecule has 0 bridgehead atoms. The maximum absolute atomic E-state index is 13.8. The van der Waals surface area contributed by atoms with Crippen molar-refractivity contribution < 1.29 is 67.3 Å². The van der Waals surface area contributed by atoms with Crippen molar-refractivity contribution in [3.63, 3.8) is 0 Å². The molecule has 0 spiro atoms. The lowest BCUT2D eigenvalue weighted by Crippen LogP contribution is -2.29. The first-order chi connectivity index (χ1) is 23.5. The summed E-state index contributed by atoms with van der Waals surface area (Å²) in [6.07, 6.45) is -24.1. The molecule has 0 fully saturated rings. The molecule has 0 aliphatic carbocycles. The standard InChI is InChI=1S/C30H22F12N4O5/c31-27(32,33)11-9-21-43-20(13-23(47)45(21)16-1-5-18(6-2-16)50-14-29(37,38)39)24-25(48)44-22(10-12-28(34,35)36)46(26(24)49)17-3-7-19(8-4-17)51-15-30(40,41)42/h1-8,13,48H,9-12,14-15H2. The fourth-order valence-electron chi connectivity index (χ4n) is 4.53. The van der Waals surface area contributed by atoms with Gasteiger partial charge in [-0.25, -0.2) is 4.98 Å². The van der Waals surface area contributed by atoms with E-state index in [1.165, 1.54) is 0 Å². The van der Waals surface area contributed by atoms with Crippen LogP contribution in [-0.4, -0.2) is 62.1 Å². The monoisotopic (exact) mass is 746 g/mol. The van der Waals surface area contributed by atoms with Gasteiger partial charge in [0.1, 0.15) is 28.7 Å². The molecule has 0 aliphatic heterocycles. The lowest BCUT2D eigenvalue weighted by molar-refractivity contribution is -0.154. The predicted octanol–water partition coefficient (Wildman–Crippen LogP) is 7.02. The number of aromatic hydroxyl groups is 1. The van der Waals surface area contributed by atoms with Gasteiger partial charge >= 0.3 is 24.7 Å². The number of alkyl halides is 12. The van der Waals surface area contributed by atoms with Crippen LogP contribution in [0.5, 0.6) is 17.4 Å². The predicted molar refractivity (Wildman–Crippen MR) is 152 cm³/mol. The first-order valence-corrected chi connectivity index (χ1v) is 14.2. The lowest BCUT2D eigenvalue weighted by Gasteiger charge is -2.18. The smallest absolute Gasteiger partial charge is 0.422 e. The fraction of sp³-hybridized carbons (Fsp3) is 0.333. The lowest BCUT2D eigenvalue weighted by atomic mass is 10.1. The van der Waals surface area contributed by atoms with E-state index in [1.54, 1.807) is 0 Å². The minimum atomic E-state index is -4.81. The average Bonchev–Trinajstić information content (AvgIpc) is 3.00. The first kappa shape index (κ1) is 38.6. The van der Waals surface area contributed by atoms with E-state index < -0.39 is 104 Å². The number of aromatic nitrogens is 4. The van der Waals surface area contributed by atoms with Gasteiger partial charge in [0.25, 0.3) is 11.1 Å². The van der Waals surface area contributed by atoms with Crippen molar-refractivity contribution in [2.75, 3.05) is 13.2 Å². The van der Waals surface area contributed by atoms with Crippen LogP contribution in [0.4, 0.5) is 52.7 Å². The number of hydrogen-bond donors (Lipinski definition) is 1. The van der Waals surface area contributed by atoms with E-state index >= 15 is 0 Å². The van der Waals surface area contributed by atoms with Crippen LogP contribution in [-0.2, 0) is 12.8 Å². The van der Waals surface area contributed by atoms with Crippen molar-refractivity contribution in [1.82, 2.24) is 19.1 Å². The highest BCUT2D eigenvalue weighted by molar-refractivity contribution is 5.64. The quantitative estimate of drug-likeness (QED) is 0.164. The van der Waals surface area contributed by atoms with Gasteiger partial charge in [-0.05, 0) is 48.5 Å². The van der Waals surface area contributed by atoms with Gasteiger partial charge in [-0.2, -0.15) is 57.7 Å². The number of rotatable bonds is 11. The van der Waals surface area contributed by atoms with Crippen LogP contribution in [0.1, 0.15) is 24.5 Å². The van der Waals surface area contributed by atoms with Gasteiger partial charge in [-0.1, -0.05) is 0 Å². The van der Waals surface area contributed by atoms with E-state index in [0.717, 1.165) is 48.5 Å². The molecule has 2 aromatic heterocycles. The Morgan fingerprint density at radius 3 is 1.41 bits per heavy atom. The van der Waals surface area contributed by atoms with Gasteiger partial charge in [0.15, 0.2) is 13.2 Å². The average molecular weight is 747 g/mol. The second-order valence-electron chi connectivity index (χ2n) is 10.6. The fourth-order valence-corrected chi connectivity index (χ4v) is 4.53. The molecule has 0 radical (unpaired) electrons. The summed E-state index contributed by atoms with van der Waals surface area (Å²) in [4.78, 5) is 34.8. The van der Waals surface area contributed by atoms with Gasteiger partial charge in [0.05, 0.1) is 29.9 Å². The summed E-state index contributed by atoms with van der Waals surface area (Å²) in [5.41, 5.74) is -4.68. The Bertz CT molecular complexity index is 1950. The highest BCUT2D eigenvalue weighted by atomic mass is 19.4. The van der Waals surface area contributed by atoms with Crippen molar-refractivity contribution in [3.05, 3.63) is 87.0 Å². The van der Waals surface area contributed by atoms with Crippen LogP contribution in [0.2, 0.25) is 0 Å². The zero-order valence-electron chi connectivity index (χ0n) is 25.3. The highest BCUT2D eigenvalue weighted by Gasteiger charge is 2.32. The molecule has 51 heavy (non-hydrogen) atoms. The maximum Gasteiger partial charge on any atom is 0.422 e. The normalized spacial score (nSPS) is 12.6. The molecule has 0 aliphatic rings. The maximum atomic E-state index is 13.8. The third-order valence-corrected chi connectivity index (χ3v) is 6.64. The van der Waals surface area contributed by atoms with Crippen molar-refractivity contribution in [2.45, 2.75) is 50.4 Å². The summed E-state index contributed by atoms with van der Waals surface area (Å²) < 4.78 is 165. The summed E-state index contributed by atoms with van der Waals surface area (Å²) in [6, 6.07) is 8.50. The molecular weight excluding hydrogens is 724 g/mol. The molecular formula is C30H22F12N4O5. The van der Waals surface area contributed by atoms with Crippen molar-refractivity contribution >= 4 is 0 Å². The van der Waals surface area contributed by atoms with Crippen molar-refractivity contribution in [1.29, 1.82) is 0 Å². The van der Waals surface area contributed by atoms with Crippen LogP contribution in [0.25, 0.3) is 22.6 Å². The molecule has 2 aromatic carbocycles. The third kappa shape index (κ3) is 10.9. The van der Waals surface area contributed by atoms with Crippen molar-refractivity contribution in [3.8, 4) is 40.0 Å². The van der Waals surface area contributed by atoms with E-state index in [-0.39, 0.29) is 22.9 Å². The molecule has 0 amide bonds. The van der Waals surface area contributed by atoms with Gasteiger partial charge in [-0.3, -0.25) is 18.7 Å². The zero-order valence-corrected chi connectivity index (χ0v) is 25.3. The van der Waals surface area contributed by atoms with Crippen LogP contribution < -0.4 is 20.6 Å². The Balaban J connectivity index is 1.86. The number of benzene rings is 2. The Hall–Kier alpha value is -5.24. The van der Waals surface area contributed by atoms with Crippen LogP contribution in [0, 0.1) is 0 Å². The number of nitrogens with zero attached hydrogens (tertiary/aromatic N) is 4. The summed E-state index contributed by atoms with van der Waals surface area (Å²) in [7, 11) is 0. The Morgan fingerprint density at radius 2 is 1.00 bits per heavy atom. The van der Waals surface area contributed by atoms with Crippen LogP contribution in [0.15, 0.2) is 64.2 Å². The molecule has 276 valence electrons. The molecule has 9 nitrogen and oxygen atoms in total. The van der Waals surface area contributed by atoms with Gasteiger partial charge in [-0.15, -0.1) is 0 Å². The number of aryl methyl sites for hydroxylation is 2. The van der Waals surface area contributed by atoms with E-state index in [0.29, 0.717) is 15.2 Å². The Morgan fingerprint density at radius 1 is 0.588 bits per heavy atom. The highest BCUT2D eigenvalue weighted by Crippen LogP contribution is 2.29. The minimum Gasteiger partial charge on any atom is -0.493 e. The Kier molecular flexibility index (Phi) is 11.0. The molecule has 0 saturated carbocycles. The van der Waals surface area contributed by atoms with Crippen molar-refractivity contribution in [2.24, 2.45) is 0 Å².